The quantitative estimate of drug-likeness (QED) is 0.920. The molecule has 1 N–H and O–H groups in total. The molecule has 0 radical (unpaired) electrons. The van der Waals surface area contributed by atoms with Gasteiger partial charge in [0.25, 0.3) is 0 Å². The fraction of sp³-hybridized carbons (Fsp3) is 0.214. The molecule has 1 heterocycles. The predicted octanol–water partition coefficient (Wildman–Crippen LogP) is 3.41. The van der Waals surface area contributed by atoms with E-state index in [2.05, 4.69) is 20.9 Å². The van der Waals surface area contributed by atoms with E-state index in [0.717, 1.165) is 21.3 Å². The Bertz CT molecular complexity index is 520. The zero-order valence-electron chi connectivity index (χ0n) is 9.81. The third-order valence-corrected chi connectivity index (χ3v) is 3.56. The van der Waals surface area contributed by atoms with E-state index in [1.807, 2.05) is 43.3 Å². The summed E-state index contributed by atoms with van der Waals surface area (Å²) in [6, 6.07) is 11.5. The Kier molecular flexibility index (Phi) is 3.31. The summed E-state index contributed by atoms with van der Waals surface area (Å²) in [4.78, 5) is 4.23. The second-order valence-corrected chi connectivity index (χ2v) is 5.09. The number of aliphatic hydroxyl groups is 1. The summed E-state index contributed by atoms with van der Waals surface area (Å²) in [6.45, 7) is 3.70. The minimum Gasteiger partial charge on any atom is -0.381 e. The van der Waals surface area contributed by atoms with Crippen LogP contribution in [0, 0.1) is 6.92 Å². The summed E-state index contributed by atoms with van der Waals surface area (Å²) in [6.07, 6.45) is 1.72. The summed E-state index contributed by atoms with van der Waals surface area (Å²) < 4.78 is 0.894. The lowest BCUT2D eigenvalue weighted by molar-refractivity contribution is 0.101. The fourth-order valence-electron chi connectivity index (χ4n) is 1.77. The van der Waals surface area contributed by atoms with Gasteiger partial charge in [0.05, 0.1) is 0 Å². The lowest BCUT2D eigenvalue weighted by Crippen LogP contribution is -2.23. The second kappa shape index (κ2) is 4.59. The molecule has 0 aliphatic carbocycles. The first-order valence-corrected chi connectivity index (χ1v) is 6.21. The van der Waals surface area contributed by atoms with E-state index in [1.165, 1.54) is 0 Å². The van der Waals surface area contributed by atoms with Crippen LogP contribution in [0.5, 0.6) is 0 Å². The molecule has 2 aromatic rings. The molecule has 1 unspecified atom stereocenters. The molecular formula is C14H14BrNO. The van der Waals surface area contributed by atoms with E-state index in [9.17, 15) is 5.11 Å². The first-order valence-electron chi connectivity index (χ1n) is 5.42. The summed E-state index contributed by atoms with van der Waals surface area (Å²) in [7, 11) is 0. The van der Waals surface area contributed by atoms with Gasteiger partial charge in [0.2, 0.25) is 0 Å². The largest absolute Gasteiger partial charge is 0.381 e. The van der Waals surface area contributed by atoms with Gasteiger partial charge in [-0.1, -0.05) is 40.2 Å². The minimum absolute atomic E-state index is 0.787. The summed E-state index contributed by atoms with van der Waals surface area (Å²) >= 11 is 3.46. The maximum Gasteiger partial charge on any atom is 0.114 e. The molecule has 2 nitrogen and oxygen atoms in total. The number of hydrogen-bond donors (Lipinski definition) is 1. The molecule has 3 heteroatoms. The van der Waals surface area contributed by atoms with Crippen molar-refractivity contribution >= 4 is 15.9 Å². The van der Waals surface area contributed by atoms with Crippen molar-refractivity contribution in [3.05, 3.63) is 63.9 Å². The Morgan fingerprint density at radius 3 is 2.47 bits per heavy atom. The smallest absolute Gasteiger partial charge is 0.114 e. The molecular weight excluding hydrogens is 278 g/mol. The lowest BCUT2D eigenvalue weighted by Gasteiger charge is -2.25. The highest BCUT2D eigenvalue weighted by molar-refractivity contribution is 9.10. The van der Waals surface area contributed by atoms with E-state index in [1.54, 1.807) is 13.1 Å². The number of benzene rings is 1. The van der Waals surface area contributed by atoms with Crippen LogP contribution in [0.15, 0.2) is 47.1 Å². The van der Waals surface area contributed by atoms with Gasteiger partial charge in [-0.15, -0.1) is 0 Å². The topological polar surface area (TPSA) is 33.1 Å². The number of nitrogens with zero attached hydrogens (tertiary/aromatic N) is 1. The molecule has 0 amide bonds. The number of pyridine rings is 1. The Morgan fingerprint density at radius 1 is 1.18 bits per heavy atom. The monoisotopic (exact) mass is 291 g/mol. The van der Waals surface area contributed by atoms with Crippen molar-refractivity contribution in [1.82, 2.24) is 4.98 Å². The van der Waals surface area contributed by atoms with E-state index < -0.39 is 5.60 Å². The molecule has 0 fully saturated rings. The van der Waals surface area contributed by atoms with Gasteiger partial charge in [0, 0.05) is 27.5 Å². The van der Waals surface area contributed by atoms with Crippen LogP contribution in [0.3, 0.4) is 0 Å². The van der Waals surface area contributed by atoms with Crippen LogP contribution in [0.1, 0.15) is 23.7 Å². The first kappa shape index (κ1) is 12.3. The highest BCUT2D eigenvalue weighted by atomic mass is 79.9. The number of aromatic nitrogens is 1. The molecule has 1 aromatic carbocycles. The van der Waals surface area contributed by atoms with E-state index >= 15 is 0 Å². The van der Waals surface area contributed by atoms with Crippen molar-refractivity contribution < 1.29 is 5.11 Å². The second-order valence-electron chi connectivity index (χ2n) is 4.24. The number of aryl methyl sites for hydroxylation is 1. The number of hydrogen-bond acceptors (Lipinski definition) is 2. The molecule has 1 aromatic heterocycles. The standard InChI is InChI=1S/C14H14BrNO/c1-10-7-8-11(9-16-10)14(2,17)12-5-3-4-6-13(12)15/h3-9,17H,1-2H3. The van der Waals surface area contributed by atoms with Gasteiger partial charge in [0.1, 0.15) is 5.60 Å². The third kappa shape index (κ3) is 2.40. The molecule has 0 aliphatic rings. The average Bonchev–Trinajstić information content (AvgIpc) is 2.30. The van der Waals surface area contributed by atoms with Gasteiger partial charge in [-0.2, -0.15) is 0 Å². The first-order chi connectivity index (χ1) is 8.01. The van der Waals surface area contributed by atoms with Gasteiger partial charge in [-0.25, -0.2) is 0 Å². The fourth-order valence-corrected chi connectivity index (χ4v) is 2.44. The van der Waals surface area contributed by atoms with E-state index in [0.29, 0.717) is 0 Å². The molecule has 0 spiro atoms. The van der Waals surface area contributed by atoms with Crippen LogP contribution in [0.2, 0.25) is 0 Å². The summed E-state index contributed by atoms with van der Waals surface area (Å²) in [5.74, 6) is 0. The molecule has 17 heavy (non-hydrogen) atoms. The van der Waals surface area contributed by atoms with E-state index in [4.69, 9.17) is 0 Å². The normalized spacial score (nSPS) is 14.4. The van der Waals surface area contributed by atoms with Gasteiger partial charge >= 0.3 is 0 Å². The van der Waals surface area contributed by atoms with Crippen molar-refractivity contribution in [2.45, 2.75) is 19.4 Å². The molecule has 1 atom stereocenters. The summed E-state index contributed by atoms with van der Waals surface area (Å²) in [5.41, 5.74) is 1.53. The Hall–Kier alpha value is -1.19. The van der Waals surface area contributed by atoms with Crippen LogP contribution in [-0.2, 0) is 5.60 Å². The zero-order chi connectivity index (χ0) is 12.5. The Balaban J connectivity index is 2.49. The van der Waals surface area contributed by atoms with Crippen molar-refractivity contribution in [3.8, 4) is 0 Å². The van der Waals surface area contributed by atoms with Crippen LogP contribution in [-0.4, -0.2) is 10.1 Å². The van der Waals surface area contributed by atoms with Crippen LogP contribution in [0.25, 0.3) is 0 Å². The molecule has 88 valence electrons. The molecule has 0 saturated carbocycles. The van der Waals surface area contributed by atoms with Crippen LogP contribution >= 0.6 is 15.9 Å². The lowest BCUT2D eigenvalue weighted by atomic mass is 9.89. The van der Waals surface area contributed by atoms with Gasteiger partial charge < -0.3 is 5.11 Å². The van der Waals surface area contributed by atoms with Crippen molar-refractivity contribution in [1.29, 1.82) is 0 Å². The number of halogens is 1. The minimum atomic E-state index is -1.04. The third-order valence-electron chi connectivity index (χ3n) is 2.87. The Labute approximate surface area is 109 Å². The highest BCUT2D eigenvalue weighted by Gasteiger charge is 2.27. The predicted molar refractivity (Wildman–Crippen MR) is 71.8 cm³/mol. The summed E-state index contributed by atoms with van der Waals surface area (Å²) in [5, 5.41) is 10.7. The van der Waals surface area contributed by atoms with Gasteiger partial charge in [-0.3, -0.25) is 4.98 Å². The molecule has 2 rings (SSSR count). The van der Waals surface area contributed by atoms with Crippen LogP contribution < -0.4 is 0 Å². The van der Waals surface area contributed by atoms with E-state index in [-0.39, 0.29) is 0 Å². The van der Waals surface area contributed by atoms with Crippen molar-refractivity contribution in [2.75, 3.05) is 0 Å². The average molecular weight is 292 g/mol. The molecule has 0 aliphatic heterocycles. The Morgan fingerprint density at radius 2 is 1.88 bits per heavy atom. The number of rotatable bonds is 2. The van der Waals surface area contributed by atoms with Gasteiger partial charge in [-0.05, 0) is 26.0 Å². The highest BCUT2D eigenvalue weighted by Crippen LogP contribution is 2.33. The zero-order valence-corrected chi connectivity index (χ0v) is 11.4. The molecule has 0 saturated heterocycles. The SMILES string of the molecule is Cc1ccc(C(C)(O)c2ccccc2Br)cn1. The van der Waals surface area contributed by atoms with Crippen molar-refractivity contribution in [2.24, 2.45) is 0 Å². The molecule has 0 bridgehead atoms. The van der Waals surface area contributed by atoms with Crippen molar-refractivity contribution in [3.63, 3.8) is 0 Å². The maximum atomic E-state index is 10.7. The van der Waals surface area contributed by atoms with Gasteiger partial charge in [0.15, 0.2) is 0 Å². The maximum absolute atomic E-state index is 10.7. The van der Waals surface area contributed by atoms with Crippen LogP contribution in [0.4, 0.5) is 0 Å².